The lowest BCUT2D eigenvalue weighted by Crippen LogP contribution is -2.50. The highest BCUT2D eigenvalue weighted by Gasteiger charge is 2.41. The van der Waals surface area contributed by atoms with E-state index in [9.17, 15) is 9.18 Å². The number of piperidine rings is 1. The third-order valence-electron chi connectivity index (χ3n) is 6.97. The van der Waals surface area contributed by atoms with Crippen LogP contribution in [0.5, 0.6) is 5.75 Å². The van der Waals surface area contributed by atoms with E-state index in [0.29, 0.717) is 29.1 Å². The number of halogens is 1. The summed E-state index contributed by atoms with van der Waals surface area (Å²) in [7, 11) is 1.59. The molecule has 6 heteroatoms. The number of anilines is 1. The highest BCUT2D eigenvalue weighted by Crippen LogP contribution is 2.38. The molecular formula is C26H28FN3O2. The van der Waals surface area contributed by atoms with E-state index in [1.54, 1.807) is 13.2 Å². The Morgan fingerprint density at radius 1 is 1.09 bits per heavy atom. The number of carbonyl (C=O) groups excluding carboxylic acids is 1. The number of fused-ring (bicyclic) bond motifs is 3. The van der Waals surface area contributed by atoms with Gasteiger partial charge in [0.25, 0.3) is 5.91 Å². The van der Waals surface area contributed by atoms with Crippen molar-refractivity contribution in [3.05, 3.63) is 71.5 Å². The SMILES string of the molecule is COc1c(C(=O)NC2CC3CCC(C2)N3Cc2ccc(F)cc2)cc(N)c2ccccc12. The average Bonchev–Trinajstić information content (AvgIpc) is 3.02. The number of ether oxygens (including phenoxy) is 1. The van der Waals surface area contributed by atoms with Crippen LogP contribution in [-0.2, 0) is 6.54 Å². The van der Waals surface area contributed by atoms with E-state index >= 15 is 0 Å². The zero-order chi connectivity index (χ0) is 22.2. The van der Waals surface area contributed by atoms with Gasteiger partial charge in [-0.2, -0.15) is 0 Å². The second-order valence-corrected chi connectivity index (χ2v) is 8.92. The fourth-order valence-corrected chi connectivity index (χ4v) is 5.48. The van der Waals surface area contributed by atoms with Crippen LogP contribution in [0, 0.1) is 5.82 Å². The summed E-state index contributed by atoms with van der Waals surface area (Å²) in [5.41, 5.74) is 8.41. The highest BCUT2D eigenvalue weighted by molar-refractivity contribution is 6.08. The van der Waals surface area contributed by atoms with Crippen molar-refractivity contribution in [2.24, 2.45) is 0 Å². The van der Waals surface area contributed by atoms with Crippen LogP contribution in [0.2, 0.25) is 0 Å². The summed E-state index contributed by atoms with van der Waals surface area (Å²) < 4.78 is 18.9. The van der Waals surface area contributed by atoms with Crippen molar-refractivity contribution in [3.63, 3.8) is 0 Å². The van der Waals surface area contributed by atoms with Gasteiger partial charge in [0.15, 0.2) is 0 Å². The molecule has 5 rings (SSSR count). The summed E-state index contributed by atoms with van der Waals surface area (Å²) in [6.07, 6.45) is 4.08. The van der Waals surface area contributed by atoms with Gasteiger partial charge in [0, 0.05) is 41.1 Å². The van der Waals surface area contributed by atoms with Crippen LogP contribution in [0.15, 0.2) is 54.6 Å². The summed E-state index contributed by atoms with van der Waals surface area (Å²) in [5.74, 6) is 0.211. The maximum absolute atomic E-state index is 13.2. The van der Waals surface area contributed by atoms with Crippen molar-refractivity contribution < 1.29 is 13.9 Å². The molecule has 2 heterocycles. The zero-order valence-corrected chi connectivity index (χ0v) is 18.2. The molecule has 3 aromatic rings. The van der Waals surface area contributed by atoms with Crippen LogP contribution in [-0.4, -0.2) is 36.0 Å². The second-order valence-electron chi connectivity index (χ2n) is 8.92. The van der Waals surface area contributed by atoms with Crippen molar-refractivity contribution in [3.8, 4) is 5.75 Å². The normalized spacial score (nSPS) is 22.8. The number of hydrogen-bond acceptors (Lipinski definition) is 4. The van der Waals surface area contributed by atoms with Crippen LogP contribution in [0.4, 0.5) is 10.1 Å². The van der Waals surface area contributed by atoms with Gasteiger partial charge in [-0.05, 0) is 49.4 Å². The third-order valence-corrected chi connectivity index (χ3v) is 6.97. The molecule has 2 unspecified atom stereocenters. The summed E-state index contributed by atoms with van der Waals surface area (Å²) in [5, 5.41) is 4.97. The Hall–Kier alpha value is -3.12. The quantitative estimate of drug-likeness (QED) is 0.582. The Morgan fingerprint density at radius 2 is 1.75 bits per heavy atom. The molecule has 3 aromatic carbocycles. The smallest absolute Gasteiger partial charge is 0.255 e. The van der Waals surface area contributed by atoms with Gasteiger partial charge in [-0.25, -0.2) is 4.39 Å². The van der Waals surface area contributed by atoms with E-state index in [4.69, 9.17) is 10.5 Å². The van der Waals surface area contributed by atoms with Crippen molar-refractivity contribution in [1.82, 2.24) is 10.2 Å². The lowest BCUT2D eigenvalue weighted by molar-refractivity contribution is 0.0825. The average molecular weight is 434 g/mol. The molecule has 0 aliphatic carbocycles. The fourth-order valence-electron chi connectivity index (χ4n) is 5.48. The molecule has 0 spiro atoms. The molecular weight excluding hydrogens is 405 g/mol. The Morgan fingerprint density at radius 3 is 2.41 bits per heavy atom. The number of nitrogen functional groups attached to an aromatic ring is 1. The minimum absolute atomic E-state index is 0.113. The number of carbonyl (C=O) groups is 1. The van der Waals surface area contributed by atoms with Gasteiger partial charge >= 0.3 is 0 Å². The van der Waals surface area contributed by atoms with Gasteiger partial charge in [-0.3, -0.25) is 9.69 Å². The first-order chi connectivity index (χ1) is 15.5. The summed E-state index contributed by atoms with van der Waals surface area (Å²) >= 11 is 0. The van der Waals surface area contributed by atoms with E-state index < -0.39 is 0 Å². The first-order valence-electron chi connectivity index (χ1n) is 11.2. The number of amides is 1. The standard InChI is InChI=1S/C26H28FN3O2/c1-32-25-22-5-3-2-4-21(22)24(28)14-23(25)26(31)29-18-12-19-10-11-20(13-18)30(19)15-16-6-8-17(27)9-7-16/h2-9,14,18-20H,10-13,15,28H2,1H3,(H,29,31). The Balaban J connectivity index is 1.31. The Labute approximate surface area is 187 Å². The largest absolute Gasteiger partial charge is 0.495 e. The maximum Gasteiger partial charge on any atom is 0.255 e. The molecule has 2 aliphatic rings. The number of nitrogens with zero attached hydrogens (tertiary/aromatic N) is 1. The fraction of sp³-hybridized carbons (Fsp3) is 0.346. The van der Waals surface area contributed by atoms with Gasteiger partial charge in [0.1, 0.15) is 11.6 Å². The number of rotatable bonds is 5. The molecule has 3 N–H and O–H groups in total. The lowest BCUT2D eigenvalue weighted by atomic mass is 9.95. The Kier molecular flexibility index (Phi) is 5.47. The number of nitrogens with two attached hydrogens (primary N) is 1. The van der Waals surface area contributed by atoms with E-state index in [2.05, 4.69) is 10.2 Å². The third kappa shape index (κ3) is 3.79. The molecule has 1 amide bonds. The number of benzene rings is 3. The summed E-state index contributed by atoms with van der Waals surface area (Å²) in [6.45, 7) is 0.825. The van der Waals surface area contributed by atoms with Crippen molar-refractivity contribution >= 4 is 22.4 Å². The maximum atomic E-state index is 13.2. The molecule has 2 saturated heterocycles. The van der Waals surface area contributed by atoms with E-state index in [0.717, 1.165) is 48.6 Å². The molecule has 166 valence electrons. The van der Waals surface area contributed by atoms with Crippen molar-refractivity contribution in [2.75, 3.05) is 12.8 Å². The summed E-state index contributed by atoms with van der Waals surface area (Å²) in [6, 6.07) is 17.1. The van der Waals surface area contributed by atoms with Gasteiger partial charge in [-0.15, -0.1) is 0 Å². The van der Waals surface area contributed by atoms with Gasteiger partial charge in [0.05, 0.1) is 12.7 Å². The van der Waals surface area contributed by atoms with Crippen LogP contribution >= 0.6 is 0 Å². The molecule has 2 fully saturated rings. The van der Waals surface area contributed by atoms with Gasteiger partial charge in [0.2, 0.25) is 0 Å². The van der Waals surface area contributed by atoms with Crippen LogP contribution in [0.25, 0.3) is 10.8 Å². The summed E-state index contributed by atoms with van der Waals surface area (Å²) in [4.78, 5) is 15.7. The van der Waals surface area contributed by atoms with Crippen LogP contribution < -0.4 is 15.8 Å². The topological polar surface area (TPSA) is 67.6 Å². The van der Waals surface area contributed by atoms with Crippen LogP contribution in [0.1, 0.15) is 41.6 Å². The van der Waals surface area contributed by atoms with Crippen LogP contribution in [0.3, 0.4) is 0 Å². The van der Waals surface area contributed by atoms with Gasteiger partial charge in [-0.1, -0.05) is 36.4 Å². The van der Waals surface area contributed by atoms with E-state index in [1.807, 2.05) is 36.4 Å². The highest BCUT2D eigenvalue weighted by atomic mass is 19.1. The molecule has 2 bridgehead atoms. The minimum Gasteiger partial charge on any atom is -0.495 e. The first kappa shape index (κ1) is 20.8. The van der Waals surface area contributed by atoms with E-state index in [-0.39, 0.29) is 17.8 Å². The molecule has 32 heavy (non-hydrogen) atoms. The lowest BCUT2D eigenvalue weighted by Gasteiger charge is -2.39. The minimum atomic E-state index is -0.206. The molecule has 0 radical (unpaired) electrons. The van der Waals surface area contributed by atoms with Gasteiger partial charge < -0.3 is 15.8 Å². The second kappa shape index (κ2) is 8.43. The predicted octanol–water partition coefficient (Wildman–Crippen LogP) is 4.50. The predicted molar refractivity (Wildman–Crippen MR) is 124 cm³/mol. The number of hydrogen-bond donors (Lipinski definition) is 2. The van der Waals surface area contributed by atoms with E-state index in [1.165, 1.54) is 12.1 Å². The molecule has 2 aliphatic heterocycles. The molecule has 0 aromatic heterocycles. The molecule has 0 saturated carbocycles. The Bertz CT molecular complexity index is 1130. The number of nitrogens with one attached hydrogen (secondary N) is 1. The molecule has 5 nitrogen and oxygen atoms in total. The van der Waals surface area contributed by atoms with Crippen molar-refractivity contribution in [2.45, 2.75) is 50.4 Å². The first-order valence-corrected chi connectivity index (χ1v) is 11.2. The van der Waals surface area contributed by atoms with Crippen molar-refractivity contribution in [1.29, 1.82) is 0 Å². The monoisotopic (exact) mass is 433 g/mol. The number of methoxy groups -OCH3 is 1. The molecule has 2 atom stereocenters. The zero-order valence-electron chi connectivity index (χ0n) is 18.2.